The molecular weight excluding hydrogens is 1720 g/mol. The zero-order valence-electron chi connectivity index (χ0n) is 65.6. The van der Waals surface area contributed by atoms with Crippen molar-refractivity contribution in [3.05, 3.63) is 247 Å². The third-order valence-electron chi connectivity index (χ3n) is 19.9. The fourth-order valence-electron chi connectivity index (χ4n) is 13.5. The predicted octanol–water partition coefficient (Wildman–Crippen LogP) is 6.08. The monoisotopic (exact) mass is 1790 g/mol. The van der Waals surface area contributed by atoms with Crippen LogP contribution in [0, 0.1) is 17.5 Å². The molecule has 47 heteroatoms. The first kappa shape index (κ1) is 92.3. The van der Waals surface area contributed by atoms with Crippen molar-refractivity contribution in [2.75, 3.05) is 14.2 Å². The first-order valence-electron chi connectivity index (χ1n) is 37.2. The molecule has 0 spiro atoms. The SMILES string of the molecule is COC(=O)C(F)Cc1cc(C2CC2)cn2cc(Cn3cc(C(=O)NCc4ncn5ccc(Cl)c(F)c45)nn3)nc12.COC(=O)C(F)Cc1cc(C2CC2)cn2cc(Cn3cc(C(=O)O)nn3)nc12.Cl.NCc1ncn2ccc(Cl)c(F)c12.O.O=C(NCc1ncn2ccc(Cl)c(F)c12)c1cn(Cc2cn3cc(C4CC4)cc(CC(F)C(=O)O)c3n2)nn1.[Li+].[OH-]. The average molecular weight is 1790 g/mol. The molecule has 18 rings (SSSR count). The van der Waals surface area contributed by atoms with Gasteiger partial charge in [0.25, 0.3) is 11.8 Å². The van der Waals surface area contributed by atoms with Gasteiger partial charge in [0.2, 0.25) is 18.5 Å². The van der Waals surface area contributed by atoms with E-state index in [0.717, 1.165) is 69.4 Å². The summed E-state index contributed by atoms with van der Waals surface area (Å²) in [4.78, 5) is 96.5. The van der Waals surface area contributed by atoms with Gasteiger partial charge in [-0.2, -0.15) is 0 Å². The topological polar surface area (TPSA) is 469 Å². The van der Waals surface area contributed by atoms with E-state index in [1.807, 2.05) is 45.6 Å². The van der Waals surface area contributed by atoms with Crippen LogP contribution in [0.15, 0.2) is 130 Å². The molecule has 0 aliphatic heterocycles. The van der Waals surface area contributed by atoms with Gasteiger partial charge in [0.05, 0.1) is 134 Å². The quantitative estimate of drug-likeness (QED) is 0.0233. The molecule has 3 fully saturated rings. The number of carbonyl (C=O) groups excluding carboxylic acids is 4. The Morgan fingerprint density at radius 2 is 0.806 bits per heavy atom. The number of carboxylic acids is 2. The van der Waals surface area contributed by atoms with Gasteiger partial charge in [-0.25, -0.2) is 89.5 Å². The number of aromatic nitrogens is 21. The smallest absolute Gasteiger partial charge is 0.870 e. The number of amides is 2. The molecule has 3 aliphatic carbocycles. The van der Waals surface area contributed by atoms with Crippen LogP contribution in [-0.4, -0.2) is 191 Å². The molecule has 644 valence electrons. The minimum absolute atomic E-state index is 0. The molecule has 3 unspecified atom stereocenters. The summed E-state index contributed by atoms with van der Waals surface area (Å²) >= 11 is 17.4. The van der Waals surface area contributed by atoms with Gasteiger partial charge in [0.1, 0.15) is 33.5 Å². The number of ether oxygens (including phenoxy) is 2. The number of aliphatic carboxylic acids is 1. The standard InChI is InChI=1S/C26H23ClF2N8O3.C25H21ClF2N8O3.C18H18FN5O4.C8H7ClFN3.ClH.Li.2H2O/c1-40-26(39)19(28)7-15-6-16(14-2-3-14)9-36-10-17(32-24(15)36)11-37-12-21(33-34-37)25(38)30-8-20-23-22(29)18(27)4-5-35(23)13-31-20;26-17-3-4-34-12-30-19(22(34)21(17)28)7-29-24(37)20-11-36(33-32-20)10-16-9-35-8-15(13-1-2-13)5-14(23(35)31-16)6-18(27)25(38)39;1-28-18(27)14(19)5-11-4-12(10-2-3-10)6-23-7-13(20-16(11)23)8-24-9-15(17(25)26)21-22-24;9-5-1-2-13-4-12-6(3-11)8(13)7(5)10;;;;/h4-6,9-10,12-14,19H,2-3,7-8,11H2,1H3,(H,30,38);3-5,8-9,11-13,18H,1-2,6-7,10H2,(H,29,37)(H,38,39);4,6-7,9-10,14H,2-3,5,8H2,1H3,(H,25,26);1-2,4H,3,11H2;1H;;2*1H2/q;;;;;+1;;/p-1. The van der Waals surface area contributed by atoms with E-state index in [1.54, 1.807) is 46.0 Å². The Hall–Kier alpha value is -12.4. The summed E-state index contributed by atoms with van der Waals surface area (Å²) in [5, 5.41) is 46.5. The molecule has 2 amide bonds. The van der Waals surface area contributed by atoms with Crippen molar-refractivity contribution >= 4 is 116 Å². The molecule has 3 atom stereocenters. The van der Waals surface area contributed by atoms with Gasteiger partial charge in [0.15, 0.2) is 34.5 Å². The van der Waals surface area contributed by atoms with Crippen LogP contribution in [0.2, 0.25) is 15.1 Å². The fraction of sp³-hybridized carbons (Fsp3) is 0.299. The maximum atomic E-state index is 14.5. The van der Waals surface area contributed by atoms with Crippen LogP contribution in [0.1, 0.15) is 155 Å². The van der Waals surface area contributed by atoms with Gasteiger partial charge in [0, 0.05) is 81.6 Å². The summed E-state index contributed by atoms with van der Waals surface area (Å²) in [6.45, 7) is 0.701. The number of fused-ring (bicyclic) bond motifs is 6. The summed E-state index contributed by atoms with van der Waals surface area (Å²) in [5.41, 5.74) is 15.4. The number of nitrogens with zero attached hydrogens (tertiary/aromatic N) is 21. The summed E-state index contributed by atoms with van der Waals surface area (Å²) < 4.78 is 108. The second-order valence-corrected chi connectivity index (χ2v) is 29.8. The van der Waals surface area contributed by atoms with E-state index < -0.39 is 71.7 Å². The third kappa shape index (κ3) is 20.7. The maximum Gasteiger partial charge on any atom is 1.00 e. The van der Waals surface area contributed by atoms with Gasteiger partial charge in [-0.15, -0.1) is 27.7 Å². The Morgan fingerprint density at radius 3 is 1.11 bits per heavy atom. The molecule has 124 heavy (non-hydrogen) atoms. The van der Waals surface area contributed by atoms with Crippen LogP contribution >= 0.6 is 47.2 Å². The zero-order chi connectivity index (χ0) is 84.5. The van der Waals surface area contributed by atoms with Crippen molar-refractivity contribution in [2.45, 2.75) is 133 Å². The van der Waals surface area contributed by atoms with Crippen molar-refractivity contribution in [1.29, 1.82) is 0 Å². The second kappa shape index (κ2) is 39.4. The van der Waals surface area contributed by atoms with Gasteiger partial charge in [-0.05, 0) is 108 Å². The number of esters is 2. The second-order valence-electron chi connectivity index (χ2n) is 28.6. The number of methoxy groups -OCH3 is 2. The molecule has 9 N–H and O–H groups in total. The molecule has 0 radical (unpaired) electrons. The molecule has 15 aromatic rings. The number of nitrogens with one attached hydrogen (secondary N) is 2. The van der Waals surface area contributed by atoms with Crippen molar-refractivity contribution in [3.8, 4) is 0 Å². The Balaban J connectivity index is 0.000000168. The van der Waals surface area contributed by atoms with Gasteiger partial charge in [-0.1, -0.05) is 68.6 Å². The Kier molecular flexibility index (Phi) is 29.3. The van der Waals surface area contributed by atoms with Crippen LogP contribution in [0.3, 0.4) is 0 Å². The summed E-state index contributed by atoms with van der Waals surface area (Å²) in [7, 11) is 2.31. The first-order chi connectivity index (χ1) is 57.7. The third-order valence-corrected chi connectivity index (χ3v) is 20.8. The largest absolute Gasteiger partial charge is 1.00 e. The van der Waals surface area contributed by atoms with E-state index in [-0.39, 0.29) is 144 Å². The predicted molar refractivity (Wildman–Crippen MR) is 427 cm³/mol. The van der Waals surface area contributed by atoms with E-state index in [1.165, 1.54) is 78.6 Å². The van der Waals surface area contributed by atoms with Gasteiger partial charge < -0.3 is 73.4 Å². The van der Waals surface area contributed by atoms with Crippen molar-refractivity contribution < 1.29 is 105 Å². The van der Waals surface area contributed by atoms with Crippen LogP contribution in [-0.2, 0) is 82.4 Å². The van der Waals surface area contributed by atoms with E-state index in [0.29, 0.717) is 91.1 Å². The zero-order valence-corrected chi connectivity index (χ0v) is 68.7. The fourth-order valence-corrected chi connectivity index (χ4v) is 14.0. The number of hydrogen-bond donors (Lipinski definition) is 5. The molecule has 15 aromatic heterocycles. The number of imidazole rings is 6. The van der Waals surface area contributed by atoms with E-state index in [4.69, 9.17) is 50.7 Å². The minimum atomic E-state index is -2.03. The van der Waals surface area contributed by atoms with Crippen LogP contribution in [0.5, 0.6) is 0 Å². The van der Waals surface area contributed by atoms with Crippen LogP contribution < -0.4 is 35.2 Å². The molecule has 0 bridgehead atoms. The number of nitrogens with two attached hydrogens (primary N) is 1. The average Bonchev–Trinajstić information content (AvgIpc) is 1.63. The normalized spacial score (nSPS) is 13.5. The first-order valence-corrected chi connectivity index (χ1v) is 38.3. The number of hydrogen-bond acceptors (Lipinski definition) is 22. The Bertz CT molecular complexity index is 6480. The van der Waals surface area contributed by atoms with E-state index in [2.05, 4.69) is 80.9 Å². The van der Waals surface area contributed by atoms with Crippen LogP contribution in [0.4, 0.5) is 26.3 Å². The number of carboxylic acid groups (broad SMARTS) is 2. The van der Waals surface area contributed by atoms with Crippen molar-refractivity contribution in [1.82, 2.24) is 112 Å². The summed E-state index contributed by atoms with van der Waals surface area (Å²) in [5.74, 6) is -6.04. The van der Waals surface area contributed by atoms with Gasteiger partial charge >= 0.3 is 42.7 Å². The minimum Gasteiger partial charge on any atom is -0.870 e. The number of halogens is 10. The molecule has 0 aromatic carbocycles. The van der Waals surface area contributed by atoms with E-state index in [9.17, 15) is 55.1 Å². The molecule has 3 aliphatic rings. The van der Waals surface area contributed by atoms with Crippen LogP contribution in [0.25, 0.3) is 33.5 Å². The summed E-state index contributed by atoms with van der Waals surface area (Å²) in [6.07, 6.45) is 24.8. The summed E-state index contributed by atoms with van der Waals surface area (Å²) in [6, 6.07) is 9.95. The number of alkyl halides is 3. The van der Waals surface area contributed by atoms with Crippen molar-refractivity contribution in [3.63, 3.8) is 0 Å². The number of rotatable bonds is 26. The number of carbonyl (C=O) groups is 6. The van der Waals surface area contributed by atoms with Crippen molar-refractivity contribution in [2.24, 2.45) is 5.73 Å². The molecule has 15 heterocycles. The Labute approximate surface area is 728 Å². The molecule has 0 saturated heterocycles. The van der Waals surface area contributed by atoms with Gasteiger partial charge in [-0.3, -0.25) is 9.59 Å². The number of pyridine rings is 6. The molecular formula is C77H73Cl4F6LiN24O12. The maximum absolute atomic E-state index is 14.5. The molecule has 36 nitrogen and oxygen atoms in total. The number of aromatic carboxylic acids is 1. The van der Waals surface area contributed by atoms with E-state index >= 15 is 0 Å². The molecule has 3 saturated carbocycles. The Morgan fingerprint density at radius 1 is 0.492 bits per heavy atom.